The van der Waals surface area contributed by atoms with Gasteiger partial charge in [0.1, 0.15) is 17.5 Å². The maximum absolute atomic E-state index is 12.8. The topological polar surface area (TPSA) is 67.9 Å². The normalized spacial score (nSPS) is 16.7. The highest BCUT2D eigenvalue weighted by Gasteiger charge is 2.40. The van der Waals surface area contributed by atoms with Gasteiger partial charge in [0.05, 0.1) is 25.3 Å². The van der Waals surface area contributed by atoms with Gasteiger partial charge in [-0.2, -0.15) is 0 Å². The van der Waals surface area contributed by atoms with Crippen LogP contribution in [-0.4, -0.2) is 31.1 Å². The molecule has 1 fully saturated rings. The molecule has 1 aliphatic rings. The van der Waals surface area contributed by atoms with Crippen molar-refractivity contribution in [3.05, 3.63) is 48.5 Å². The molecule has 1 heterocycles. The van der Waals surface area contributed by atoms with Crippen molar-refractivity contribution in [3.63, 3.8) is 0 Å². The van der Waals surface area contributed by atoms with Crippen LogP contribution in [0.4, 0.5) is 11.4 Å². The van der Waals surface area contributed by atoms with E-state index >= 15 is 0 Å². The minimum Gasteiger partial charge on any atom is -0.494 e. The number of para-hydroxylation sites is 2. The van der Waals surface area contributed by atoms with Crippen LogP contribution in [0, 0.1) is 0 Å². The smallest absolute Gasteiger partial charge is 0.256 e. The predicted octanol–water partition coefficient (Wildman–Crippen LogP) is 3.23. The fraction of sp³-hybridized carbons (Fsp3) is 0.300. The molecule has 0 bridgehead atoms. The summed E-state index contributed by atoms with van der Waals surface area (Å²) in [7, 11) is 0. The lowest BCUT2D eigenvalue weighted by Gasteiger charge is -2.19. The second-order valence-corrected chi connectivity index (χ2v) is 5.83. The van der Waals surface area contributed by atoms with E-state index in [-0.39, 0.29) is 18.2 Å². The first-order valence-corrected chi connectivity index (χ1v) is 8.72. The summed E-state index contributed by atoms with van der Waals surface area (Å²) in [4.78, 5) is 26.5. The average Bonchev–Trinajstić information content (AvgIpc) is 2.91. The number of hydrogen-bond acceptors (Lipinski definition) is 5. The summed E-state index contributed by atoms with van der Waals surface area (Å²) in [6, 6.07) is 13.8. The molecule has 0 aliphatic carbocycles. The maximum atomic E-state index is 12.8. The van der Waals surface area contributed by atoms with Gasteiger partial charge in [-0.05, 0) is 50.2 Å². The molecule has 0 spiro atoms. The van der Waals surface area contributed by atoms with Crippen LogP contribution in [0.3, 0.4) is 0 Å². The summed E-state index contributed by atoms with van der Waals surface area (Å²) in [6.45, 7) is 4.84. The Hall–Kier alpha value is -3.02. The number of nitrogens with one attached hydrogen (secondary N) is 1. The van der Waals surface area contributed by atoms with E-state index < -0.39 is 6.04 Å². The molecule has 1 N–H and O–H groups in total. The Morgan fingerprint density at radius 3 is 2.38 bits per heavy atom. The van der Waals surface area contributed by atoms with Crippen molar-refractivity contribution in [2.24, 2.45) is 0 Å². The number of ether oxygens (including phenoxy) is 2. The van der Waals surface area contributed by atoms with Crippen LogP contribution in [0.1, 0.15) is 20.3 Å². The standard InChI is InChI=1S/C20H22N2O4/c1-3-25-15-11-9-14(10-12-15)21-16-13-19(23)22(20(16)24)17-7-5-6-8-18(17)26-4-2/h5-12,16,21H,3-4,13H2,1-2H3. The largest absolute Gasteiger partial charge is 0.494 e. The molecule has 0 saturated carbocycles. The van der Waals surface area contributed by atoms with Gasteiger partial charge >= 0.3 is 0 Å². The van der Waals surface area contributed by atoms with Gasteiger partial charge in [0.15, 0.2) is 0 Å². The van der Waals surface area contributed by atoms with Gasteiger partial charge in [-0.3, -0.25) is 9.59 Å². The van der Waals surface area contributed by atoms with Crippen LogP contribution in [0.2, 0.25) is 0 Å². The number of nitrogens with zero attached hydrogens (tertiary/aromatic N) is 1. The molecule has 2 amide bonds. The van der Waals surface area contributed by atoms with E-state index in [4.69, 9.17) is 9.47 Å². The minimum atomic E-state index is -0.602. The van der Waals surface area contributed by atoms with E-state index in [1.165, 1.54) is 4.90 Å². The quantitative estimate of drug-likeness (QED) is 0.773. The molecule has 1 unspecified atom stereocenters. The first kappa shape index (κ1) is 17.8. The summed E-state index contributed by atoms with van der Waals surface area (Å²) in [5, 5.41) is 3.13. The number of amides is 2. The molecule has 6 nitrogen and oxygen atoms in total. The molecule has 1 saturated heterocycles. The van der Waals surface area contributed by atoms with Gasteiger partial charge in [-0.25, -0.2) is 4.90 Å². The number of rotatable bonds is 7. The van der Waals surface area contributed by atoms with Gasteiger partial charge in [-0.1, -0.05) is 12.1 Å². The van der Waals surface area contributed by atoms with E-state index in [0.717, 1.165) is 11.4 Å². The fourth-order valence-electron chi connectivity index (χ4n) is 2.93. The van der Waals surface area contributed by atoms with Crippen molar-refractivity contribution in [1.29, 1.82) is 0 Å². The Kier molecular flexibility index (Phi) is 5.41. The zero-order valence-corrected chi connectivity index (χ0v) is 14.9. The molecule has 2 aromatic carbocycles. The van der Waals surface area contributed by atoms with Gasteiger partial charge in [0.25, 0.3) is 5.91 Å². The van der Waals surface area contributed by atoms with Crippen molar-refractivity contribution >= 4 is 23.2 Å². The third-order valence-corrected chi connectivity index (χ3v) is 4.06. The van der Waals surface area contributed by atoms with Gasteiger partial charge < -0.3 is 14.8 Å². The Morgan fingerprint density at radius 1 is 1.00 bits per heavy atom. The molecular weight excluding hydrogens is 332 g/mol. The second kappa shape index (κ2) is 7.91. The van der Waals surface area contributed by atoms with Crippen LogP contribution in [0.25, 0.3) is 0 Å². The molecule has 3 rings (SSSR count). The van der Waals surface area contributed by atoms with E-state index in [2.05, 4.69) is 5.32 Å². The monoisotopic (exact) mass is 354 g/mol. The van der Waals surface area contributed by atoms with Crippen LogP contribution in [0.5, 0.6) is 11.5 Å². The zero-order valence-electron chi connectivity index (χ0n) is 14.9. The molecule has 0 radical (unpaired) electrons. The highest BCUT2D eigenvalue weighted by molar-refractivity contribution is 6.23. The van der Waals surface area contributed by atoms with Crippen LogP contribution in [0.15, 0.2) is 48.5 Å². The van der Waals surface area contributed by atoms with Crippen molar-refractivity contribution in [3.8, 4) is 11.5 Å². The second-order valence-electron chi connectivity index (χ2n) is 5.83. The third-order valence-electron chi connectivity index (χ3n) is 4.06. The summed E-state index contributed by atoms with van der Waals surface area (Å²) < 4.78 is 11.0. The first-order chi connectivity index (χ1) is 12.6. The summed E-state index contributed by atoms with van der Waals surface area (Å²) in [5.74, 6) is 0.763. The van der Waals surface area contributed by atoms with E-state index in [1.54, 1.807) is 18.2 Å². The van der Waals surface area contributed by atoms with Gasteiger partial charge in [0.2, 0.25) is 5.91 Å². The number of carbonyl (C=O) groups excluding carboxylic acids is 2. The number of carbonyl (C=O) groups is 2. The average molecular weight is 354 g/mol. The van der Waals surface area contributed by atoms with Gasteiger partial charge in [0, 0.05) is 5.69 Å². The summed E-state index contributed by atoms with van der Waals surface area (Å²) in [6.07, 6.45) is 0.104. The van der Waals surface area contributed by atoms with Gasteiger partial charge in [-0.15, -0.1) is 0 Å². The maximum Gasteiger partial charge on any atom is 0.256 e. The highest BCUT2D eigenvalue weighted by atomic mass is 16.5. The number of benzene rings is 2. The number of imide groups is 1. The van der Waals surface area contributed by atoms with Crippen molar-refractivity contribution in [2.45, 2.75) is 26.3 Å². The molecule has 136 valence electrons. The molecule has 1 atom stereocenters. The Labute approximate surface area is 152 Å². The Balaban J connectivity index is 1.77. The molecule has 0 aromatic heterocycles. The highest BCUT2D eigenvalue weighted by Crippen LogP contribution is 2.33. The SMILES string of the molecule is CCOc1ccc(NC2CC(=O)N(c3ccccc3OCC)C2=O)cc1. The Morgan fingerprint density at radius 2 is 1.69 bits per heavy atom. The molecule has 2 aromatic rings. The fourth-order valence-corrected chi connectivity index (χ4v) is 2.93. The van der Waals surface area contributed by atoms with E-state index in [1.807, 2.05) is 44.2 Å². The van der Waals surface area contributed by atoms with Crippen molar-refractivity contribution in [2.75, 3.05) is 23.4 Å². The molecule has 6 heteroatoms. The van der Waals surface area contributed by atoms with Crippen LogP contribution >= 0.6 is 0 Å². The summed E-state index contributed by atoms with van der Waals surface area (Å²) >= 11 is 0. The lowest BCUT2D eigenvalue weighted by atomic mass is 10.2. The molecule has 1 aliphatic heterocycles. The minimum absolute atomic E-state index is 0.104. The lowest BCUT2D eigenvalue weighted by Crippen LogP contribution is -2.35. The zero-order chi connectivity index (χ0) is 18.5. The molecular formula is C20H22N2O4. The predicted molar refractivity (Wildman–Crippen MR) is 99.7 cm³/mol. The molecule has 26 heavy (non-hydrogen) atoms. The van der Waals surface area contributed by atoms with Crippen LogP contribution < -0.4 is 19.7 Å². The van der Waals surface area contributed by atoms with Crippen molar-refractivity contribution < 1.29 is 19.1 Å². The van der Waals surface area contributed by atoms with Crippen LogP contribution in [-0.2, 0) is 9.59 Å². The summed E-state index contributed by atoms with van der Waals surface area (Å²) in [5.41, 5.74) is 1.25. The Bertz CT molecular complexity index is 789. The first-order valence-electron chi connectivity index (χ1n) is 8.72. The third kappa shape index (κ3) is 3.64. The van der Waals surface area contributed by atoms with Crippen molar-refractivity contribution in [1.82, 2.24) is 0 Å². The lowest BCUT2D eigenvalue weighted by molar-refractivity contribution is -0.121. The number of hydrogen-bond donors (Lipinski definition) is 1. The van der Waals surface area contributed by atoms with E-state index in [0.29, 0.717) is 24.7 Å². The van der Waals surface area contributed by atoms with E-state index in [9.17, 15) is 9.59 Å². The number of anilines is 2.